The molecular weight excluding hydrogens is 170 g/mol. The fraction of sp³-hybridized carbons (Fsp3) is 0.778. The van der Waals surface area contributed by atoms with E-state index in [1.165, 1.54) is 4.90 Å². The fourth-order valence-electron chi connectivity index (χ4n) is 1.78. The first-order valence-corrected chi connectivity index (χ1v) is 4.65. The Morgan fingerprint density at radius 1 is 1.62 bits per heavy atom. The molecule has 0 aliphatic carbocycles. The highest BCUT2D eigenvalue weighted by molar-refractivity contribution is 5.65. The molecule has 74 valence electrons. The second-order valence-electron chi connectivity index (χ2n) is 3.48. The van der Waals surface area contributed by atoms with Crippen molar-refractivity contribution in [3.05, 3.63) is 0 Å². The molecule has 4 nitrogen and oxygen atoms in total. The summed E-state index contributed by atoms with van der Waals surface area (Å²) in [7, 11) is 0. The van der Waals surface area contributed by atoms with Crippen LogP contribution in [0.4, 0.5) is 4.79 Å². The molecule has 0 radical (unpaired) electrons. The van der Waals surface area contributed by atoms with Crippen molar-refractivity contribution >= 4 is 12.4 Å². The molecule has 13 heavy (non-hydrogen) atoms. The lowest BCUT2D eigenvalue weighted by Gasteiger charge is -2.30. The molecule has 1 N–H and O–H groups in total. The van der Waals surface area contributed by atoms with E-state index >= 15 is 0 Å². The predicted molar refractivity (Wildman–Crippen MR) is 47.6 cm³/mol. The fourth-order valence-corrected chi connectivity index (χ4v) is 1.78. The number of likely N-dealkylation sites (tertiary alicyclic amines) is 1. The minimum Gasteiger partial charge on any atom is -0.465 e. The van der Waals surface area contributed by atoms with E-state index in [4.69, 9.17) is 5.11 Å². The van der Waals surface area contributed by atoms with Gasteiger partial charge < -0.3 is 14.8 Å². The average molecular weight is 185 g/mol. The van der Waals surface area contributed by atoms with Crippen molar-refractivity contribution in [2.45, 2.75) is 25.7 Å². The smallest absolute Gasteiger partial charge is 0.407 e. The maximum absolute atomic E-state index is 10.6. The molecule has 0 spiro atoms. The van der Waals surface area contributed by atoms with Crippen molar-refractivity contribution in [3.63, 3.8) is 0 Å². The lowest BCUT2D eigenvalue weighted by atomic mass is 9.94. The summed E-state index contributed by atoms with van der Waals surface area (Å²) in [4.78, 5) is 22.2. The first-order valence-electron chi connectivity index (χ1n) is 4.65. The van der Waals surface area contributed by atoms with Gasteiger partial charge in [0.15, 0.2) is 0 Å². The van der Waals surface area contributed by atoms with Crippen LogP contribution in [0.1, 0.15) is 25.7 Å². The van der Waals surface area contributed by atoms with Crippen LogP contribution in [0.2, 0.25) is 0 Å². The normalized spacial score (nSPS) is 22.8. The van der Waals surface area contributed by atoms with E-state index in [9.17, 15) is 9.59 Å². The van der Waals surface area contributed by atoms with Crippen LogP contribution < -0.4 is 0 Å². The van der Waals surface area contributed by atoms with Crippen LogP contribution in [0, 0.1) is 5.92 Å². The van der Waals surface area contributed by atoms with E-state index < -0.39 is 6.09 Å². The number of nitrogens with zero attached hydrogens (tertiary/aromatic N) is 1. The summed E-state index contributed by atoms with van der Waals surface area (Å²) in [6.07, 6.45) is 3.43. The molecule has 1 heterocycles. The zero-order valence-corrected chi connectivity index (χ0v) is 7.61. The third-order valence-electron chi connectivity index (χ3n) is 2.48. The number of carbonyl (C=O) groups is 2. The molecule has 1 saturated heterocycles. The van der Waals surface area contributed by atoms with E-state index in [1.54, 1.807) is 0 Å². The van der Waals surface area contributed by atoms with Crippen molar-refractivity contribution in [1.29, 1.82) is 0 Å². The zero-order chi connectivity index (χ0) is 9.68. The molecule has 1 amide bonds. The molecule has 0 unspecified atom stereocenters. The molecule has 4 heteroatoms. The van der Waals surface area contributed by atoms with Gasteiger partial charge in [-0.25, -0.2) is 4.79 Å². The second-order valence-corrected chi connectivity index (χ2v) is 3.48. The number of aldehydes is 1. The number of carbonyl (C=O) groups excluding carboxylic acids is 1. The van der Waals surface area contributed by atoms with E-state index in [2.05, 4.69) is 0 Å². The van der Waals surface area contributed by atoms with E-state index in [0.29, 0.717) is 25.4 Å². The number of hydrogen-bond donors (Lipinski definition) is 1. The third-order valence-corrected chi connectivity index (χ3v) is 2.48. The Hall–Kier alpha value is -1.06. The highest BCUT2D eigenvalue weighted by Crippen LogP contribution is 2.20. The van der Waals surface area contributed by atoms with Gasteiger partial charge in [0.25, 0.3) is 0 Å². The summed E-state index contributed by atoms with van der Waals surface area (Å²) in [5, 5.41) is 8.74. The van der Waals surface area contributed by atoms with Gasteiger partial charge in [-0.1, -0.05) is 0 Å². The SMILES string of the molecule is O=CCC[C@H]1CCCN(C(=O)O)C1. The second kappa shape index (κ2) is 4.84. The van der Waals surface area contributed by atoms with E-state index in [1.807, 2.05) is 0 Å². The van der Waals surface area contributed by atoms with Crippen LogP contribution in [0.5, 0.6) is 0 Å². The summed E-state index contributed by atoms with van der Waals surface area (Å²) < 4.78 is 0. The van der Waals surface area contributed by atoms with Gasteiger partial charge in [-0.2, -0.15) is 0 Å². The van der Waals surface area contributed by atoms with Gasteiger partial charge in [0.05, 0.1) is 0 Å². The maximum atomic E-state index is 10.6. The standard InChI is InChI=1S/C9H15NO3/c11-6-2-4-8-3-1-5-10(7-8)9(12)13/h6,8H,1-5,7H2,(H,12,13)/t8-/m1/s1. The molecule has 0 aromatic rings. The van der Waals surface area contributed by atoms with Crippen molar-refractivity contribution < 1.29 is 14.7 Å². The van der Waals surface area contributed by atoms with Gasteiger partial charge in [0.2, 0.25) is 0 Å². The summed E-state index contributed by atoms with van der Waals surface area (Å²) in [6.45, 7) is 1.25. The van der Waals surface area contributed by atoms with Crippen molar-refractivity contribution in [1.82, 2.24) is 4.90 Å². The molecule has 1 atom stereocenters. The molecule has 1 aliphatic rings. The summed E-state index contributed by atoms with van der Waals surface area (Å²) in [5.74, 6) is 0.384. The van der Waals surface area contributed by atoms with E-state index in [0.717, 1.165) is 25.5 Å². The van der Waals surface area contributed by atoms with Crippen molar-refractivity contribution in [2.24, 2.45) is 5.92 Å². The monoisotopic (exact) mass is 185 g/mol. The minimum absolute atomic E-state index is 0.384. The molecule has 1 aliphatic heterocycles. The molecule has 0 aromatic heterocycles. The van der Waals surface area contributed by atoms with Crippen LogP contribution >= 0.6 is 0 Å². The van der Waals surface area contributed by atoms with Gasteiger partial charge in [0.1, 0.15) is 6.29 Å². The Kier molecular flexibility index (Phi) is 3.73. The van der Waals surface area contributed by atoms with Gasteiger partial charge >= 0.3 is 6.09 Å². The largest absolute Gasteiger partial charge is 0.465 e. The topological polar surface area (TPSA) is 57.6 Å². The Morgan fingerprint density at radius 3 is 3.00 bits per heavy atom. The third kappa shape index (κ3) is 3.05. The Morgan fingerprint density at radius 2 is 2.38 bits per heavy atom. The van der Waals surface area contributed by atoms with Crippen LogP contribution in [-0.2, 0) is 4.79 Å². The molecule has 1 fully saturated rings. The lowest BCUT2D eigenvalue weighted by molar-refractivity contribution is -0.108. The quantitative estimate of drug-likeness (QED) is 0.675. The molecule has 0 saturated carbocycles. The van der Waals surface area contributed by atoms with Crippen molar-refractivity contribution in [2.75, 3.05) is 13.1 Å². The molecule has 0 bridgehead atoms. The van der Waals surface area contributed by atoms with Gasteiger partial charge in [0, 0.05) is 19.5 Å². The van der Waals surface area contributed by atoms with Crippen LogP contribution in [-0.4, -0.2) is 35.5 Å². The average Bonchev–Trinajstić information content (AvgIpc) is 2.15. The Bertz CT molecular complexity index is 193. The first-order chi connectivity index (χ1) is 6.24. The summed E-state index contributed by atoms with van der Waals surface area (Å²) in [6, 6.07) is 0. The highest BCUT2D eigenvalue weighted by Gasteiger charge is 2.22. The highest BCUT2D eigenvalue weighted by atomic mass is 16.4. The number of hydrogen-bond acceptors (Lipinski definition) is 2. The van der Waals surface area contributed by atoms with Crippen LogP contribution in [0.15, 0.2) is 0 Å². The molecule has 1 rings (SSSR count). The maximum Gasteiger partial charge on any atom is 0.407 e. The van der Waals surface area contributed by atoms with Gasteiger partial charge in [-0.3, -0.25) is 0 Å². The first kappa shape index (κ1) is 10.0. The predicted octanol–water partition coefficient (Wildman–Crippen LogP) is 1.36. The summed E-state index contributed by atoms with van der Waals surface area (Å²) in [5.41, 5.74) is 0. The lowest BCUT2D eigenvalue weighted by Crippen LogP contribution is -2.38. The number of carboxylic acid groups (broad SMARTS) is 1. The van der Waals surface area contributed by atoms with Gasteiger partial charge in [-0.05, 0) is 25.2 Å². The summed E-state index contributed by atoms with van der Waals surface area (Å²) >= 11 is 0. The molecule has 0 aromatic carbocycles. The number of piperidine rings is 1. The minimum atomic E-state index is -0.837. The Labute approximate surface area is 77.5 Å². The van der Waals surface area contributed by atoms with Gasteiger partial charge in [-0.15, -0.1) is 0 Å². The van der Waals surface area contributed by atoms with Crippen LogP contribution in [0.25, 0.3) is 0 Å². The van der Waals surface area contributed by atoms with Crippen molar-refractivity contribution in [3.8, 4) is 0 Å². The number of rotatable bonds is 3. The van der Waals surface area contributed by atoms with E-state index in [-0.39, 0.29) is 0 Å². The van der Waals surface area contributed by atoms with Crippen LogP contribution in [0.3, 0.4) is 0 Å². The zero-order valence-electron chi connectivity index (χ0n) is 7.61. The molecular formula is C9H15NO3. The Balaban J connectivity index is 2.32. The number of amides is 1.